The molecule has 0 saturated heterocycles. The van der Waals surface area contributed by atoms with Gasteiger partial charge in [-0.15, -0.1) is 0 Å². The molecule has 1 aliphatic rings. The summed E-state index contributed by atoms with van der Waals surface area (Å²) in [6, 6.07) is 13.3. The van der Waals surface area contributed by atoms with Crippen LogP contribution in [0.2, 0.25) is 0 Å². The molecule has 0 aliphatic carbocycles. The van der Waals surface area contributed by atoms with Gasteiger partial charge in [0, 0.05) is 11.6 Å². The third-order valence-corrected chi connectivity index (χ3v) is 4.67. The molecular formula is C24H22F2N2O6. The summed E-state index contributed by atoms with van der Waals surface area (Å²) in [5.41, 5.74) is 1.05. The van der Waals surface area contributed by atoms with Gasteiger partial charge >= 0.3 is 24.6 Å². The molecule has 10 heteroatoms. The number of carbonyl (C=O) groups excluding carboxylic acids is 3. The number of amides is 2. The van der Waals surface area contributed by atoms with E-state index in [1.54, 1.807) is 43.3 Å². The maximum absolute atomic E-state index is 12.7. The predicted molar refractivity (Wildman–Crippen MR) is 118 cm³/mol. The van der Waals surface area contributed by atoms with Gasteiger partial charge in [-0.2, -0.15) is 8.78 Å². The molecule has 0 fully saturated rings. The van der Waals surface area contributed by atoms with Gasteiger partial charge in [-0.25, -0.2) is 14.4 Å². The van der Waals surface area contributed by atoms with Crippen LogP contribution in [0.25, 0.3) is 6.08 Å². The molecule has 0 aromatic heterocycles. The van der Waals surface area contributed by atoms with Crippen LogP contribution in [0.4, 0.5) is 13.6 Å². The van der Waals surface area contributed by atoms with Crippen molar-refractivity contribution in [1.29, 1.82) is 0 Å². The number of rotatable bonds is 9. The number of hydrogen-bond acceptors (Lipinski definition) is 6. The van der Waals surface area contributed by atoms with E-state index in [9.17, 15) is 23.2 Å². The number of benzene rings is 2. The average molecular weight is 472 g/mol. The number of urea groups is 1. The lowest BCUT2D eigenvalue weighted by molar-refractivity contribution is -0.140. The minimum Gasteiger partial charge on any atom is -0.463 e. The third-order valence-electron chi connectivity index (χ3n) is 4.67. The fraction of sp³-hybridized carbons (Fsp3) is 0.208. The zero-order chi connectivity index (χ0) is 24.5. The first-order valence-corrected chi connectivity index (χ1v) is 10.3. The highest BCUT2D eigenvalue weighted by Gasteiger charge is 2.34. The van der Waals surface area contributed by atoms with E-state index >= 15 is 0 Å². The molecule has 8 nitrogen and oxygen atoms in total. The largest absolute Gasteiger partial charge is 0.463 e. The molecule has 0 spiro atoms. The zero-order valence-corrected chi connectivity index (χ0v) is 18.1. The number of carbonyl (C=O) groups is 3. The average Bonchev–Trinajstić information content (AvgIpc) is 2.82. The van der Waals surface area contributed by atoms with E-state index in [1.165, 1.54) is 24.3 Å². The normalized spacial score (nSPS) is 15.6. The topological polar surface area (TPSA) is 103 Å². The standard InChI is InChI=1S/C24H22F2N2O6/c1-2-32-22(30)20-17(27-24(31)28-21(20)16-9-4-3-5-10-16)14-33-19(29)13-12-15-8-6-7-11-18(15)34-23(25)26/h3-13,21,23H,2,14H2,1H3,(H2,27,28,31)/b13-12+. The van der Waals surface area contributed by atoms with Crippen LogP contribution in [0.15, 0.2) is 71.9 Å². The Kier molecular flexibility index (Phi) is 8.33. The van der Waals surface area contributed by atoms with Crippen molar-refractivity contribution in [2.24, 2.45) is 0 Å². The molecule has 34 heavy (non-hydrogen) atoms. The van der Waals surface area contributed by atoms with Crippen LogP contribution in [0.3, 0.4) is 0 Å². The van der Waals surface area contributed by atoms with Crippen molar-refractivity contribution < 1.29 is 37.4 Å². The molecule has 2 amide bonds. The van der Waals surface area contributed by atoms with Gasteiger partial charge in [-0.1, -0.05) is 48.5 Å². The van der Waals surface area contributed by atoms with Gasteiger partial charge in [0.25, 0.3) is 0 Å². The number of halogens is 2. The quantitative estimate of drug-likeness (QED) is 0.426. The maximum atomic E-state index is 12.7. The van der Waals surface area contributed by atoms with Gasteiger partial charge in [0.1, 0.15) is 12.4 Å². The molecule has 0 radical (unpaired) electrons. The van der Waals surface area contributed by atoms with Crippen LogP contribution < -0.4 is 15.4 Å². The second-order valence-electron chi connectivity index (χ2n) is 6.91. The Hall–Kier alpha value is -4.21. The first-order valence-electron chi connectivity index (χ1n) is 10.3. The van der Waals surface area contributed by atoms with Crippen LogP contribution in [-0.2, 0) is 19.1 Å². The molecule has 1 aliphatic heterocycles. The number of hydrogen-bond donors (Lipinski definition) is 2. The first kappa shape index (κ1) is 24.4. The molecule has 1 atom stereocenters. The van der Waals surface area contributed by atoms with Gasteiger partial charge in [-0.3, -0.25) is 0 Å². The lowest BCUT2D eigenvalue weighted by Gasteiger charge is -2.29. The molecular weight excluding hydrogens is 450 g/mol. The van der Waals surface area contributed by atoms with Crippen molar-refractivity contribution in [3.63, 3.8) is 0 Å². The molecule has 1 unspecified atom stereocenters. The fourth-order valence-corrected chi connectivity index (χ4v) is 3.25. The minimum atomic E-state index is -3.02. The van der Waals surface area contributed by atoms with E-state index in [0.717, 1.165) is 6.08 Å². The molecule has 178 valence electrons. The third kappa shape index (κ3) is 6.41. The van der Waals surface area contributed by atoms with Crippen LogP contribution in [0.1, 0.15) is 24.1 Å². The number of nitrogens with one attached hydrogen (secondary N) is 2. The zero-order valence-electron chi connectivity index (χ0n) is 18.1. The molecule has 1 heterocycles. The van der Waals surface area contributed by atoms with E-state index < -0.39 is 37.2 Å². The van der Waals surface area contributed by atoms with E-state index in [-0.39, 0.29) is 29.2 Å². The van der Waals surface area contributed by atoms with Gasteiger partial charge in [0.2, 0.25) is 0 Å². The lowest BCUT2D eigenvalue weighted by atomic mass is 9.95. The van der Waals surface area contributed by atoms with Crippen molar-refractivity contribution in [3.8, 4) is 5.75 Å². The van der Waals surface area contributed by atoms with Crippen molar-refractivity contribution >= 4 is 24.0 Å². The van der Waals surface area contributed by atoms with Crippen molar-refractivity contribution in [3.05, 3.63) is 83.1 Å². The Labute approximate surface area is 194 Å². The minimum absolute atomic E-state index is 0.0687. The van der Waals surface area contributed by atoms with Gasteiger partial charge in [0.15, 0.2) is 0 Å². The predicted octanol–water partition coefficient (Wildman–Crippen LogP) is 3.72. The Morgan fingerprint density at radius 3 is 2.47 bits per heavy atom. The molecule has 3 rings (SSSR count). The number of ether oxygens (including phenoxy) is 3. The molecule has 2 N–H and O–H groups in total. The van der Waals surface area contributed by atoms with E-state index in [2.05, 4.69) is 15.4 Å². The monoisotopic (exact) mass is 472 g/mol. The van der Waals surface area contributed by atoms with Gasteiger partial charge < -0.3 is 24.8 Å². The van der Waals surface area contributed by atoms with Gasteiger partial charge in [0.05, 0.1) is 23.9 Å². The van der Waals surface area contributed by atoms with Crippen molar-refractivity contribution in [2.75, 3.05) is 13.2 Å². The number of alkyl halides is 2. The summed E-state index contributed by atoms with van der Waals surface area (Å²) in [5, 5.41) is 5.16. The molecule has 0 bridgehead atoms. The second kappa shape index (κ2) is 11.6. The highest BCUT2D eigenvalue weighted by Crippen LogP contribution is 2.28. The summed E-state index contributed by atoms with van der Waals surface area (Å²) in [6.07, 6.45) is 2.28. The molecule has 2 aromatic carbocycles. The number of esters is 2. The highest BCUT2D eigenvalue weighted by atomic mass is 19.3. The Morgan fingerprint density at radius 2 is 1.76 bits per heavy atom. The van der Waals surface area contributed by atoms with Crippen LogP contribution in [0.5, 0.6) is 5.75 Å². The van der Waals surface area contributed by atoms with Crippen LogP contribution in [-0.4, -0.2) is 37.8 Å². The van der Waals surface area contributed by atoms with E-state index in [0.29, 0.717) is 5.56 Å². The van der Waals surface area contributed by atoms with Crippen molar-refractivity contribution in [1.82, 2.24) is 10.6 Å². The summed E-state index contributed by atoms with van der Waals surface area (Å²) >= 11 is 0. The SMILES string of the molecule is CCOC(=O)C1=C(COC(=O)/C=C/c2ccccc2OC(F)F)NC(=O)NC1c1ccccc1. The van der Waals surface area contributed by atoms with E-state index in [4.69, 9.17) is 9.47 Å². The molecule has 2 aromatic rings. The Balaban J connectivity index is 1.80. The van der Waals surface area contributed by atoms with Gasteiger partial charge in [-0.05, 0) is 24.6 Å². The summed E-state index contributed by atoms with van der Waals surface area (Å²) in [4.78, 5) is 37.2. The van der Waals surface area contributed by atoms with E-state index in [1.807, 2.05) is 0 Å². The van der Waals surface area contributed by atoms with Crippen LogP contribution >= 0.6 is 0 Å². The highest BCUT2D eigenvalue weighted by molar-refractivity contribution is 5.95. The Bertz CT molecular complexity index is 1100. The first-order chi connectivity index (χ1) is 16.4. The smallest absolute Gasteiger partial charge is 0.387 e. The summed E-state index contributed by atoms with van der Waals surface area (Å²) < 4.78 is 39.8. The second-order valence-corrected chi connectivity index (χ2v) is 6.91. The summed E-state index contributed by atoms with van der Waals surface area (Å²) in [6.45, 7) is -1.70. The lowest BCUT2D eigenvalue weighted by Crippen LogP contribution is -2.47. The summed E-state index contributed by atoms with van der Waals surface area (Å²) in [5.74, 6) is -1.61. The Morgan fingerprint density at radius 1 is 1.06 bits per heavy atom. The molecule has 0 saturated carbocycles. The fourth-order valence-electron chi connectivity index (χ4n) is 3.25. The van der Waals surface area contributed by atoms with Crippen molar-refractivity contribution in [2.45, 2.75) is 19.6 Å². The van der Waals surface area contributed by atoms with Crippen LogP contribution in [0, 0.1) is 0 Å². The number of para-hydroxylation sites is 1. The summed E-state index contributed by atoms with van der Waals surface area (Å²) in [7, 11) is 0. The maximum Gasteiger partial charge on any atom is 0.387 e.